The van der Waals surface area contributed by atoms with Crippen LogP contribution in [0.5, 0.6) is 11.5 Å². The molecule has 1 atom stereocenters. The van der Waals surface area contributed by atoms with Crippen LogP contribution in [0, 0.1) is 0 Å². The van der Waals surface area contributed by atoms with Crippen LogP contribution in [-0.2, 0) is 0 Å². The van der Waals surface area contributed by atoms with Crippen molar-refractivity contribution in [3.05, 3.63) is 59.7 Å². The van der Waals surface area contributed by atoms with Crippen LogP contribution in [0.1, 0.15) is 17.0 Å². The van der Waals surface area contributed by atoms with Gasteiger partial charge >= 0.3 is 0 Å². The Hall–Kier alpha value is -2.69. The van der Waals surface area contributed by atoms with Gasteiger partial charge in [0, 0.05) is 11.1 Å². The van der Waals surface area contributed by atoms with Crippen LogP contribution in [0.3, 0.4) is 0 Å². The topological polar surface area (TPSA) is 77.1 Å². The smallest absolute Gasteiger partial charge is 0.170 e. The molecular weight excluding hydrogens is 268 g/mol. The number of oxime groups is 1. The Balaban J connectivity index is 1.69. The first kappa shape index (κ1) is 13.3. The van der Waals surface area contributed by atoms with Gasteiger partial charge in [-0.15, -0.1) is 0 Å². The number of hydrogen-bond acceptors (Lipinski definition) is 4. The first-order chi connectivity index (χ1) is 10.3. The first-order valence-electron chi connectivity index (χ1n) is 6.70. The maximum absolute atomic E-state index is 8.70. The first-order valence-corrected chi connectivity index (χ1v) is 6.70. The van der Waals surface area contributed by atoms with E-state index in [1.54, 1.807) is 12.1 Å². The Morgan fingerprint density at radius 1 is 1.29 bits per heavy atom. The maximum atomic E-state index is 8.70. The van der Waals surface area contributed by atoms with Gasteiger partial charge in [0.25, 0.3) is 0 Å². The summed E-state index contributed by atoms with van der Waals surface area (Å²) in [5, 5.41) is 11.7. The molecule has 5 heteroatoms. The van der Waals surface area contributed by atoms with Crippen LogP contribution < -0.4 is 15.2 Å². The molecule has 108 valence electrons. The molecule has 0 spiro atoms. The minimum absolute atomic E-state index is 0.0648. The quantitative estimate of drug-likeness (QED) is 0.391. The number of hydrogen-bond donors (Lipinski definition) is 2. The number of rotatable bonds is 4. The Morgan fingerprint density at radius 2 is 2.14 bits per heavy atom. The van der Waals surface area contributed by atoms with Gasteiger partial charge in [0.1, 0.15) is 11.5 Å². The number of nitrogens with zero attached hydrogens (tertiary/aromatic N) is 1. The van der Waals surface area contributed by atoms with E-state index in [0.29, 0.717) is 24.5 Å². The fraction of sp³-hybridized carbons (Fsp3) is 0.188. The average molecular weight is 284 g/mol. The van der Waals surface area contributed by atoms with Gasteiger partial charge in [-0.25, -0.2) is 0 Å². The lowest BCUT2D eigenvalue weighted by Crippen LogP contribution is -2.14. The van der Waals surface area contributed by atoms with Crippen LogP contribution in [0.15, 0.2) is 53.7 Å². The van der Waals surface area contributed by atoms with E-state index in [1.165, 1.54) is 5.56 Å². The average Bonchev–Trinajstić information content (AvgIpc) is 2.95. The second kappa shape index (κ2) is 5.75. The molecule has 3 rings (SSSR count). The van der Waals surface area contributed by atoms with E-state index in [0.717, 1.165) is 5.75 Å². The van der Waals surface area contributed by atoms with Crippen LogP contribution in [-0.4, -0.2) is 24.3 Å². The van der Waals surface area contributed by atoms with Gasteiger partial charge in [0.2, 0.25) is 0 Å². The second-order valence-corrected chi connectivity index (χ2v) is 4.87. The predicted octanol–water partition coefficient (Wildman–Crippen LogP) is 2.34. The molecule has 0 aliphatic carbocycles. The molecule has 1 unspecified atom stereocenters. The summed E-state index contributed by atoms with van der Waals surface area (Å²) >= 11 is 0. The molecule has 0 amide bonds. The second-order valence-electron chi connectivity index (χ2n) is 4.87. The summed E-state index contributed by atoms with van der Waals surface area (Å²) in [4.78, 5) is 0. The molecule has 5 nitrogen and oxygen atoms in total. The van der Waals surface area contributed by atoms with Crippen molar-refractivity contribution < 1.29 is 14.7 Å². The van der Waals surface area contributed by atoms with Crippen LogP contribution in [0.2, 0.25) is 0 Å². The number of ether oxygens (including phenoxy) is 2. The molecule has 2 aromatic carbocycles. The molecule has 0 bridgehead atoms. The summed E-state index contributed by atoms with van der Waals surface area (Å²) in [5.41, 5.74) is 7.36. The standard InChI is InChI=1S/C16H16N2O3/c17-16(18-19)11-4-3-5-13(8-11)20-9-12-10-21-15-7-2-1-6-14(12)15/h1-8,12,19H,9-10H2,(H2,17,18). The maximum Gasteiger partial charge on any atom is 0.170 e. The van der Waals surface area contributed by atoms with Crippen molar-refractivity contribution in [3.63, 3.8) is 0 Å². The molecule has 1 heterocycles. The molecule has 3 N–H and O–H groups in total. The van der Waals surface area contributed by atoms with Crippen molar-refractivity contribution in [1.29, 1.82) is 0 Å². The molecular formula is C16H16N2O3. The summed E-state index contributed by atoms with van der Waals surface area (Å²) in [6.07, 6.45) is 0. The third-order valence-electron chi connectivity index (χ3n) is 3.49. The van der Waals surface area contributed by atoms with Crippen molar-refractivity contribution in [2.24, 2.45) is 10.9 Å². The van der Waals surface area contributed by atoms with E-state index < -0.39 is 0 Å². The monoisotopic (exact) mass is 284 g/mol. The van der Waals surface area contributed by atoms with Crippen molar-refractivity contribution in [1.82, 2.24) is 0 Å². The third-order valence-corrected chi connectivity index (χ3v) is 3.49. The summed E-state index contributed by atoms with van der Waals surface area (Å²) in [6, 6.07) is 15.1. The highest BCUT2D eigenvalue weighted by Gasteiger charge is 2.24. The van der Waals surface area contributed by atoms with Crippen molar-refractivity contribution in [2.45, 2.75) is 5.92 Å². The largest absolute Gasteiger partial charge is 0.493 e. The van der Waals surface area contributed by atoms with E-state index in [1.807, 2.05) is 30.3 Å². The van der Waals surface area contributed by atoms with Gasteiger partial charge < -0.3 is 20.4 Å². The van der Waals surface area contributed by atoms with E-state index in [2.05, 4.69) is 11.2 Å². The number of benzene rings is 2. The lowest BCUT2D eigenvalue weighted by atomic mass is 10.0. The zero-order chi connectivity index (χ0) is 14.7. The molecule has 0 aromatic heterocycles. The minimum atomic E-state index is 0.0648. The molecule has 21 heavy (non-hydrogen) atoms. The van der Waals surface area contributed by atoms with E-state index in [4.69, 9.17) is 20.4 Å². The Labute approximate surface area is 122 Å². The highest BCUT2D eigenvalue weighted by molar-refractivity contribution is 5.97. The molecule has 0 fully saturated rings. The van der Waals surface area contributed by atoms with E-state index in [9.17, 15) is 0 Å². The summed E-state index contributed by atoms with van der Waals surface area (Å²) in [7, 11) is 0. The van der Waals surface area contributed by atoms with Gasteiger partial charge in [-0.05, 0) is 18.2 Å². The lowest BCUT2D eigenvalue weighted by Gasteiger charge is -2.12. The van der Waals surface area contributed by atoms with Gasteiger partial charge in [-0.3, -0.25) is 0 Å². The zero-order valence-corrected chi connectivity index (χ0v) is 11.4. The van der Waals surface area contributed by atoms with Gasteiger partial charge in [-0.1, -0.05) is 35.5 Å². The highest BCUT2D eigenvalue weighted by Crippen LogP contribution is 2.33. The summed E-state index contributed by atoms with van der Waals surface area (Å²) < 4.78 is 11.4. The van der Waals surface area contributed by atoms with E-state index in [-0.39, 0.29) is 11.8 Å². The number of fused-ring (bicyclic) bond motifs is 1. The van der Waals surface area contributed by atoms with Crippen LogP contribution >= 0.6 is 0 Å². The van der Waals surface area contributed by atoms with Crippen molar-refractivity contribution >= 4 is 5.84 Å². The summed E-state index contributed by atoms with van der Waals surface area (Å²) in [5.74, 6) is 1.89. The fourth-order valence-electron chi connectivity index (χ4n) is 2.37. The minimum Gasteiger partial charge on any atom is -0.493 e. The number of para-hydroxylation sites is 1. The zero-order valence-electron chi connectivity index (χ0n) is 11.4. The molecule has 0 radical (unpaired) electrons. The fourth-order valence-corrected chi connectivity index (χ4v) is 2.37. The Kier molecular flexibility index (Phi) is 3.64. The van der Waals surface area contributed by atoms with Crippen LogP contribution in [0.25, 0.3) is 0 Å². The highest BCUT2D eigenvalue weighted by atomic mass is 16.5. The SMILES string of the molecule is NC(=NO)c1cccc(OCC2COc3ccccc32)c1. The molecule has 1 aliphatic heterocycles. The normalized spacial score (nSPS) is 17.1. The number of nitrogens with two attached hydrogens (primary N) is 1. The molecule has 0 saturated carbocycles. The molecule has 2 aromatic rings. The summed E-state index contributed by atoms with van der Waals surface area (Å²) in [6.45, 7) is 1.15. The lowest BCUT2D eigenvalue weighted by molar-refractivity contribution is 0.248. The van der Waals surface area contributed by atoms with Gasteiger partial charge in [-0.2, -0.15) is 0 Å². The molecule has 0 saturated heterocycles. The van der Waals surface area contributed by atoms with Gasteiger partial charge in [0.15, 0.2) is 5.84 Å². The Bertz CT molecular complexity index is 670. The van der Waals surface area contributed by atoms with Crippen LogP contribution in [0.4, 0.5) is 0 Å². The van der Waals surface area contributed by atoms with Gasteiger partial charge in [0.05, 0.1) is 19.1 Å². The third kappa shape index (κ3) is 2.76. The van der Waals surface area contributed by atoms with Crippen molar-refractivity contribution in [3.8, 4) is 11.5 Å². The molecule has 1 aliphatic rings. The predicted molar refractivity (Wildman–Crippen MR) is 79.1 cm³/mol. The van der Waals surface area contributed by atoms with Crippen molar-refractivity contribution in [2.75, 3.05) is 13.2 Å². The number of amidine groups is 1. The Morgan fingerprint density at radius 3 is 3.00 bits per heavy atom. The van der Waals surface area contributed by atoms with E-state index >= 15 is 0 Å².